The Bertz CT molecular complexity index is 1960. The van der Waals surface area contributed by atoms with Crippen LogP contribution in [0.15, 0.2) is 103 Å². The summed E-state index contributed by atoms with van der Waals surface area (Å²) in [6.45, 7) is 6.72. The third-order valence-corrected chi connectivity index (χ3v) is 9.21. The number of aromatic nitrogens is 2. The van der Waals surface area contributed by atoms with Gasteiger partial charge in [-0.15, -0.1) is 11.3 Å². The maximum Gasteiger partial charge on any atom is 0.138 e. The lowest BCUT2D eigenvalue weighted by atomic mass is 9.87. The number of nitrogens with zero attached hydrogens (tertiary/aromatic N) is 2. The zero-order valence-corrected chi connectivity index (χ0v) is 24.0. The van der Waals surface area contributed by atoms with E-state index in [1.54, 1.807) is 0 Å². The summed E-state index contributed by atoms with van der Waals surface area (Å²) in [4.78, 5) is 6.69. The van der Waals surface area contributed by atoms with Crippen molar-refractivity contribution in [3.63, 3.8) is 0 Å². The molecule has 1 aliphatic rings. The summed E-state index contributed by atoms with van der Waals surface area (Å²) in [7, 11) is 0. The molecular formula is C37H32N2S. The Kier molecular flexibility index (Phi) is 6.25. The minimum Gasteiger partial charge on any atom is -0.292 e. The second-order valence-electron chi connectivity index (χ2n) is 10.9. The maximum atomic E-state index is 5.37. The van der Waals surface area contributed by atoms with Gasteiger partial charge in [0.1, 0.15) is 5.82 Å². The van der Waals surface area contributed by atoms with Crippen LogP contribution in [0.2, 0.25) is 0 Å². The molecule has 3 heterocycles. The van der Waals surface area contributed by atoms with E-state index >= 15 is 0 Å². The minimum atomic E-state index is 0.301. The fourth-order valence-corrected chi connectivity index (χ4v) is 7.40. The first-order valence-corrected chi connectivity index (χ1v) is 15.0. The van der Waals surface area contributed by atoms with E-state index in [0.29, 0.717) is 11.8 Å². The van der Waals surface area contributed by atoms with Gasteiger partial charge >= 0.3 is 0 Å². The van der Waals surface area contributed by atoms with E-state index in [2.05, 4.69) is 141 Å². The Hall–Kier alpha value is -4.21. The highest BCUT2D eigenvalue weighted by atomic mass is 32.1. The molecular weight excluding hydrogens is 504 g/mol. The van der Waals surface area contributed by atoms with Crippen LogP contribution in [0.25, 0.3) is 61.1 Å². The van der Waals surface area contributed by atoms with Crippen molar-refractivity contribution in [3.8, 4) is 17.1 Å². The monoisotopic (exact) mass is 536 g/mol. The molecule has 40 heavy (non-hydrogen) atoms. The third kappa shape index (κ3) is 4.04. The number of benzene rings is 3. The van der Waals surface area contributed by atoms with Crippen molar-refractivity contribution < 1.29 is 0 Å². The van der Waals surface area contributed by atoms with Crippen LogP contribution < -0.4 is 0 Å². The van der Waals surface area contributed by atoms with Crippen LogP contribution in [0.1, 0.15) is 49.1 Å². The van der Waals surface area contributed by atoms with E-state index in [1.807, 2.05) is 11.3 Å². The Balaban J connectivity index is 1.60. The molecule has 0 saturated heterocycles. The lowest BCUT2D eigenvalue weighted by molar-refractivity contribution is 0.577. The molecule has 0 amide bonds. The van der Waals surface area contributed by atoms with Gasteiger partial charge in [0.25, 0.3) is 0 Å². The zero-order chi connectivity index (χ0) is 27.2. The van der Waals surface area contributed by atoms with Crippen molar-refractivity contribution in [2.45, 2.75) is 33.1 Å². The summed E-state index contributed by atoms with van der Waals surface area (Å²) in [6, 6.07) is 28.6. The quantitative estimate of drug-likeness (QED) is 0.200. The first-order valence-electron chi connectivity index (χ1n) is 14.2. The van der Waals surface area contributed by atoms with Gasteiger partial charge in [0.05, 0.1) is 21.4 Å². The van der Waals surface area contributed by atoms with Gasteiger partial charge in [-0.2, -0.15) is 0 Å². The number of rotatable bonds is 5. The molecule has 1 aliphatic carbocycles. The number of pyridine rings is 1. The zero-order valence-electron chi connectivity index (χ0n) is 23.1. The summed E-state index contributed by atoms with van der Waals surface area (Å²) in [5, 5.41) is 3.85. The highest BCUT2D eigenvalue weighted by Gasteiger charge is 2.22. The van der Waals surface area contributed by atoms with Gasteiger partial charge in [0.2, 0.25) is 0 Å². The molecule has 1 atom stereocenters. The van der Waals surface area contributed by atoms with Crippen LogP contribution >= 0.6 is 11.3 Å². The summed E-state index contributed by atoms with van der Waals surface area (Å²) >= 11 is 1.89. The van der Waals surface area contributed by atoms with Crippen LogP contribution in [-0.2, 0) is 0 Å². The average Bonchev–Trinajstić information content (AvgIpc) is 3.41. The topological polar surface area (TPSA) is 17.8 Å². The molecule has 196 valence electrons. The van der Waals surface area contributed by atoms with Crippen LogP contribution in [0.4, 0.5) is 0 Å². The molecule has 6 aromatic rings. The molecule has 3 heteroatoms. The summed E-state index contributed by atoms with van der Waals surface area (Å²) in [5.74, 6) is 1.74. The Morgan fingerprint density at radius 2 is 1.62 bits per heavy atom. The van der Waals surface area contributed by atoms with Crippen LogP contribution in [0, 0.1) is 5.92 Å². The molecule has 0 radical (unpaired) electrons. The van der Waals surface area contributed by atoms with Crippen molar-refractivity contribution >= 4 is 55.4 Å². The number of hydrogen-bond donors (Lipinski definition) is 0. The molecule has 0 spiro atoms. The van der Waals surface area contributed by atoms with E-state index < -0.39 is 0 Å². The smallest absolute Gasteiger partial charge is 0.138 e. The SMILES string of the molecule is C/C=C\C(c1cc(-c2ccccc2)nc(-n2c3ccccc3c3ccc4c5c(sc4c32)C=CCC=C5)c1)C(C)C. The molecule has 0 saturated carbocycles. The number of fused-ring (bicyclic) bond motifs is 7. The van der Waals surface area contributed by atoms with Crippen LogP contribution in [0.5, 0.6) is 0 Å². The minimum absolute atomic E-state index is 0.301. The normalized spacial score (nSPS) is 14.1. The number of thiophene rings is 1. The highest BCUT2D eigenvalue weighted by molar-refractivity contribution is 7.21. The van der Waals surface area contributed by atoms with Gasteiger partial charge in [0, 0.05) is 38.1 Å². The lowest BCUT2D eigenvalue weighted by Gasteiger charge is -2.20. The third-order valence-electron chi connectivity index (χ3n) is 8.02. The molecule has 0 N–H and O–H groups in total. The van der Waals surface area contributed by atoms with Gasteiger partial charge in [-0.25, -0.2) is 4.98 Å². The Morgan fingerprint density at radius 1 is 0.850 bits per heavy atom. The number of hydrogen-bond acceptors (Lipinski definition) is 2. The van der Waals surface area contributed by atoms with Crippen molar-refractivity contribution in [1.29, 1.82) is 0 Å². The Labute approximate surface area is 239 Å². The van der Waals surface area contributed by atoms with Crippen LogP contribution in [0.3, 0.4) is 0 Å². The molecule has 3 aromatic carbocycles. The lowest BCUT2D eigenvalue weighted by Crippen LogP contribution is -2.07. The Morgan fingerprint density at radius 3 is 2.45 bits per heavy atom. The van der Waals surface area contributed by atoms with E-state index in [-0.39, 0.29) is 0 Å². The number of para-hydroxylation sites is 1. The second-order valence-corrected chi connectivity index (χ2v) is 12.0. The van der Waals surface area contributed by atoms with Crippen molar-refractivity contribution in [2.24, 2.45) is 5.92 Å². The molecule has 2 nitrogen and oxygen atoms in total. The summed E-state index contributed by atoms with van der Waals surface area (Å²) < 4.78 is 3.73. The molecule has 1 unspecified atom stereocenters. The number of allylic oxidation sites excluding steroid dienone is 4. The first-order chi connectivity index (χ1) is 19.6. The van der Waals surface area contributed by atoms with Gasteiger partial charge in [-0.3, -0.25) is 4.57 Å². The van der Waals surface area contributed by atoms with E-state index in [1.165, 1.54) is 47.9 Å². The van der Waals surface area contributed by atoms with E-state index in [4.69, 9.17) is 4.98 Å². The standard InChI is InChI=1S/C37H32N2S/c1-4-13-27(24(2)3)26-22-32(25-14-7-5-8-15-25)38-35(23-26)39-33-18-12-11-16-28(33)30-20-21-31-29-17-9-6-10-19-34(29)40-37(31)36(30)39/h4-5,7-24,27H,6H2,1-3H3/b13-4-. The molecule has 0 aliphatic heterocycles. The van der Waals surface area contributed by atoms with E-state index in [9.17, 15) is 0 Å². The largest absolute Gasteiger partial charge is 0.292 e. The summed E-state index contributed by atoms with van der Waals surface area (Å²) in [6.07, 6.45) is 14.6. The fourth-order valence-electron chi connectivity index (χ4n) is 6.14. The molecule has 0 fully saturated rings. The maximum absolute atomic E-state index is 5.37. The predicted octanol–water partition coefficient (Wildman–Crippen LogP) is 10.8. The van der Waals surface area contributed by atoms with Gasteiger partial charge in [-0.05, 0) is 49.1 Å². The molecule has 7 rings (SSSR count). The van der Waals surface area contributed by atoms with E-state index in [0.717, 1.165) is 23.5 Å². The highest BCUT2D eigenvalue weighted by Crippen LogP contribution is 2.43. The van der Waals surface area contributed by atoms with Crippen LogP contribution in [-0.4, -0.2) is 9.55 Å². The predicted molar refractivity (Wildman–Crippen MR) is 174 cm³/mol. The molecule has 0 bridgehead atoms. The van der Waals surface area contributed by atoms with Crippen molar-refractivity contribution in [2.75, 3.05) is 0 Å². The molecule has 3 aromatic heterocycles. The summed E-state index contributed by atoms with van der Waals surface area (Å²) in [5.41, 5.74) is 7.20. The second kappa shape index (κ2) is 10.1. The van der Waals surface area contributed by atoms with Crippen molar-refractivity contribution in [3.05, 3.63) is 119 Å². The van der Waals surface area contributed by atoms with Gasteiger partial charge in [-0.1, -0.05) is 105 Å². The first kappa shape index (κ1) is 24.8. The van der Waals surface area contributed by atoms with Gasteiger partial charge < -0.3 is 0 Å². The average molecular weight is 537 g/mol. The fraction of sp³-hybridized carbons (Fsp3) is 0.162. The van der Waals surface area contributed by atoms with Gasteiger partial charge in [0.15, 0.2) is 0 Å². The van der Waals surface area contributed by atoms with Crippen molar-refractivity contribution in [1.82, 2.24) is 9.55 Å².